The van der Waals surface area contributed by atoms with Gasteiger partial charge in [-0.3, -0.25) is 9.59 Å². The van der Waals surface area contributed by atoms with E-state index in [9.17, 15) is 14.0 Å². The average molecular weight is 382 g/mol. The van der Waals surface area contributed by atoms with E-state index in [4.69, 9.17) is 9.47 Å². The van der Waals surface area contributed by atoms with E-state index >= 15 is 0 Å². The molecule has 2 aromatic carbocycles. The topological polar surface area (TPSA) is 69.6 Å². The van der Waals surface area contributed by atoms with Crippen molar-refractivity contribution in [1.29, 1.82) is 0 Å². The second-order valence-electron chi connectivity index (χ2n) is 6.04. The van der Waals surface area contributed by atoms with Gasteiger partial charge in [-0.15, -0.1) is 0 Å². The number of carbonyl (C=O) groups is 1. The van der Waals surface area contributed by atoms with Crippen LogP contribution >= 0.6 is 0 Å². The maximum Gasteiger partial charge on any atom is 0.257 e. The normalized spacial score (nSPS) is 10.4. The van der Waals surface area contributed by atoms with E-state index in [2.05, 4.69) is 5.32 Å². The van der Waals surface area contributed by atoms with E-state index in [-0.39, 0.29) is 23.8 Å². The molecule has 6 nitrogen and oxygen atoms in total. The minimum atomic E-state index is -0.389. The Labute approximate surface area is 161 Å². The van der Waals surface area contributed by atoms with Gasteiger partial charge in [0.2, 0.25) is 0 Å². The second-order valence-corrected chi connectivity index (χ2v) is 6.04. The molecule has 0 saturated heterocycles. The molecule has 1 amide bonds. The van der Waals surface area contributed by atoms with Crippen LogP contribution in [-0.2, 0) is 6.54 Å². The molecule has 7 heteroatoms. The van der Waals surface area contributed by atoms with Crippen LogP contribution in [0.2, 0.25) is 0 Å². The number of carbonyl (C=O) groups excluding carboxylic acids is 1. The first-order valence-electron chi connectivity index (χ1n) is 8.48. The highest BCUT2D eigenvalue weighted by molar-refractivity contribution is 6.04. The van der Waals surface area contributed by atoms with Gasteiger partial charge in [-0.2, -0.15) is 0 Å². The fourth-order valence-corrected chi connectivity index (χ4v) is 2.74. The lowest BCUT2D eigenvalue weighted by Gasteiger charge is -2.12. The number of benzene rings is 2. The van der Waals surface area contributed by atoms with Crippen LogP contribution in [0.3, 0.4) is 0 Å². The van der Waals surface area contributed by atoms with Crippen molar-refractivity contribution in [3.05, 3.63) is 88.1 Å². The van der Waals surface area contributed by atoms with Crippen molar-refractivity contribution in [2.75, 3.05) is 19.5 Å². The molecule has 1 N–H and O–H groups in total. The molecule has 28 heavy (non-hydrogen) atoms. The van der Waals surface area contributed by atoms with Crippen molar-refractivity contribution >= 4 is 11.6 Å². The Balaban J connectivity index is 1.82. The predicted octanol–water partition coefficient (Wildman–Crippen LogP) is 3.31. The fourth-order valence-electron chi connectivity index (χ4n) is 2.74. The van der Waals surface area contributed by atoms with Crippen LogP contribution in [-0.4, -0.2) is 24.7 Å². The monoisotopic (exact) mass is 382 g/mol. The largest absolute Gasteiger partial charge is 0.493 e. The van der Waals surface area contributed by atoms with Crippen molar-refractivity contribution in [3.63, 3.8) is 0 Å². The number of halogens is 1. The molecule has 0 unspecified atom stereocenters. The van der Waals surface area contributed by atoms with E-state index in [0.29, 0.717) is 28.3 Å². The maximum atomic E-state index is 13.4. The molecule has 144 valence electrons. The third-order valence-corrected chi connectivity index (χ3v) is 4.13. The number of hydrogen-bond acceptors (Lipinski definition) is 4. The molecule has 0 fully saturated rings. The minimum absolute atomic E-state index is 0.161. The number of hydrogen-bond donors (Lipinski definition) is 1. The van der Waals surface area contributed by atoms with Crippen LogP contribution in [0.1, 0.15) is 15.9 Å². The third kappa shape index (κ3) is 4.37. The Hall–Kier alpha value is -3.61. The first-order chi connectivity index (χ1) is 13.5. The van der Waals surface area contributed by atoms with Crippen molar-refractivity contribution in [1.82, 2.24) is 4.57 Å². The lowest BCUT2D eigenvalue weighted by Crippen LogP contribution is -2.22. The summed E-state index contributed by atoms with van der Waals surface area (Å²) in [4.78, 5) is 24.7. The summed E-state index contributed by atoms with van der Waals surface area (Å²) < 4.78 is 25.1. The first kappa shape index (κ1) is 19.2. The number of rotatable bonds is 6. The van der Waals surface area contributed by atoms with Crippen LogP contribution in [0.5, 0.6) is 11.5 Å². The van der Waals surface area contributed by atoms with Crippen molar-refractivity contribution in [3.8, 4) is 11.5 Å². The van der Waals surface area contributed by atoms with Crippen LogP contribution in [0.15, 0.2) is 65.6 Å². The zero-order valence-electron chi connectivity index (χ0n) is 15.4. The summed E-state index contributed by atoms with van der Waals surface area (Å²) in [6.45, 7) is 0.161. The maximum absolute atomic E-state index is 13.4. The van der Waals surface area contributed by atoms with Gasteiger partial charge in [-0.1, -0.05) is 12.1 Å². The molecule has 1 heterocycles. The SMILES string of the molecule is COc1ccc(NC(=O)c2ccc(=O)n(Cc3cccc(F)c3)c2)cc1OC. The third-order valence-electron chi connectivity index (χ3n) is 4.13. The van der Waals surface area contributed by atoms with E-state index in [1.54, 1.807) is 30.3 Å². The summed E-state index contributed by atoms with van der Waals surface area (Å²) in [7, 11) is 3.03. The lowest BCUT2D eigenvalue weighted by molar-refractivity contribution is 0.102. The number of ether oxygens (including phenoxy) is 2. The van der Waals surface area contributed by atoms with Gasteiger partial charge in [0.15, 0.2) is 11.5 Å². The summed E-state index contributed by atoms with van der Waals surface area (Å²) in [6.07, 6.45) is 1.45. The van der Waals surface area contributed by atoms with Crippen molar-refractivity contribution in [2.45, 2.75) is 6.54 Å². The molecule has 0 aliphatic rings. The van der Waals surface area contributed by atoms with Gasteiger partial charge in [-0.25, -0.2) is 4.39 Å². The van der Waals surface area contributed by atoms with E-state index < -0.39 is 0 Å². The van der Waals surface area contributed by atoms with Gasteiger partial charge in [-0.05, 0) is 35.9 Å². The Bertz CT molecular complexity index is 1060. The number of nitrogens with one attached hydrogen (secondary N) is 1. The van der Waals surface area contributed by atoms with Gasteiger partial charge in [0.25, 0.3) is 11.5 Å². The zero-order valence-corrected chi connectivity index (χ0v) is 15.4. The average Bonchev–Trinajstić information content (AvgIpc) is 2.69. The zero-order chi connectivity index (χ0) is 20.1. The molecule has 0 aliphatic heterocycles. The van der Waals surface area contributed by atoms with Gasteiger partial charge in [0.1, 0.15) is 5.82 Å². The van der Waals surface area contributed by atoms with Crippen LogP contribution in [0.4, 0.5) is 10.1 Å². The molecule has 0 bridgehead atoms. The Morgan fingerprint density at radius 1 is 1.04 bits per heavy atom. The summed E-state index contributed by atoms with van der Waals surface area (Å²) in [5.74, 6) is 0.258. The molecule has 3 aromatic rings. The fraction of sp³-hybridized carbons (Fsp3) is 0.143. The summed E-state index contributed by atoms with van der Waals surface area (Å²) in [6, 6.07) is 13.7. The number of nitrogens with zero attached hydrogens (tertiary/aromatic N) is 1. The molecule has 0 spiro atoms. The Morgan fingerprint density at radius 2 is 1.82 bits per heavy atom. The number of amides is 1. The Kier molecular flexibility index (Phi) is 5.74. The van der Waals surface area contributed by atoms with E-state index in [1.165, 1.54) is 49.2 Å². The highest BCUT2D eigenvalue weighted by Crippen LogP contribution is 2.29. The highest BCUT2D eigenvalue weighted by Gasteiger charge is 2.11. The smallest absolute Gasteiger partial charge is 0.257 e. The molecule has 0 radical (unpaired) electrons. The van der Waals surface area contributed by atoms with Crippen molar-refractivity contribution < 1.29 is 18.7 Å². The second kappa shape index (κ2) is 8.39. The van der Waals surface area contributed by atoms with Gasteiger partial charge in [0, 0.05) is 24.0 Å². The standard InChI is InChI=1S/C21H19FN2O4/c1-27-18-8-7-17(11-19(18)28-2)23-21(26)15-6-9-20(25)24(13-15)12-14-4-3-5-16(22)10-14/h3-11,13H,12H2,1-2H3,(H,23,26). The molecule has 3 rings (SSSR count). The van der Waals surface area contributed by atoms with Gasteiger partial charge in [0.05, 0.1) is 26.3 Å². The number of anilines is 1. The van der Waals surface area contributed by atoms with Crippen molar-refractivity contribution in [2.24, 2.45) is 0 Å². The summed E-state index contributed by atoms with van der Waals surface area (Å²) >= 11 is 0. The molecular weight excluding hydrogens is 363 g/mol. The predicted molar refractivity (Wildman–Crippen MR) is 104 cm³/mol. The van der Waals surface area contributed by atoms with E-state index in [0.717, 1.165) is 0 Å². The quantitative estimate of drug-likeness (QED) is 0.710. The highest BCUT2D eigenvalue weighted by atomic mass is 19.1. The lowest BCUT2D eigenvalue weighted by atomic mass is 10.2. The number of methoxy groups -OCH3 is 2. The summed E-state index contributed by atoms with van der Waals surface area (Å²) in [5, 5.41) is 2.75. The minimum Gasteiger partial charge on any atom is -0.493 e. The Morgan fingerprint density at radius 3 is 2.54 bits per heavy atom. The molecule has 0 saturated carbocycles. The number of pyridine rings is 1. The molecular formula is C21H19FN2O4. The summed E-state index contributed by atoms with van der Waals surface area (Å²) in [5.41, 5.74) is 1.16. The van der Waals surface area contributed by atoms with E-state index in [1.807, 2.05) is 0 Å². The molecule has 0 aliphatic carbocycles. The molecule has 1 aromatic heterocycles. The van der Waals surface area contributed by atoms with Crippen LogP contribution < -0.4 is 20.3 Å². The first-order valence-corrected chi connectivity index (χ1v) is 8.48. The molecule has 0 atom stereocenters. The van der Waals surface area contributed by atoms with Gasteiger partial charge >= 0.3 is 0 Å². The number of aromatic nitrogens is 1. The van der Waals surface area contributed by atoms with Crippen LogP contribution in [0, 0.1) is 5.82 Å². The van der Waals surface area contributed by atoms with Gasteiger partial charge < -0.3 is 19.4 Å². The van der Waals surface area contributed by atoms with Crippen LogP contribution in [0.25, 0.3) is 0 Å².